The Bertz CT molecular complexity index is 3570. The van der Waals surface area contributed by atoms with Crippen LogP contribution in [0.5, 0.6) is 23.0 Å². The van der Waals surface area contributed by atoms with Crippen LogP contribution in [0.1, 0.15) is 133 Å². The first kappa shape index (κ1) is 54.4. The fraction of sp³-hybridized carbons (Fsp3) is 0.429. The molecule has 6 aromatic rings. The molecule has 9 N–H and O–H groups in total. The largest absolute Gasteiger partial charge is 0.508 e. The fourth-order valence-corrected chi connectivity index (χ4v) is 15.7. The number of nitrogens with zero attached hydrogens (tertiary/aromatic N) is 1. The highest BCUT2D eigenvalue weighted by atomic mass is 16.5. The number of dihydropyridines is 1. The fourth-order valence-electron chi connectivity index (χ4n) is 15.7. The quantitative estimate of drug-likeness (QED) is 0.0645. The number of benzene rings is 5. The van der Waals surface area contributed by atoms with Crippen molar-refractivity contribution in [2.24, 2.45) is 23.5 Å². The van der Waals surface area contributed by atoms with Crippen LogP contribution >= 0.6 is 0 Å². The lowest BCUT2D eigenvalue weighted by Gasteiger charge is -2.59. The van der Waals surface area contributed by atoms with Crippen LogP contribution in [0.2, 0.25) is 0 Å². The molecule has 2 fully saturated rings. The lowest BCUT2D eigenvalue weighted by Crippen LogP contribution is -2.59. The Labute approximate surface area is 481 Å². The Kier molecular flexibility index (Phi) is 15.1. The molecular weight excluding hydrogens is 1020 g/mol. The molecule has 6 heterocycles. The van der Waals surface area contributed by atoms with Crippen LogP contribution in [-0.2, 0) is 53.8 Å². The smallest absolute Gasteiger partial charge is 0.168 e. The molecule has 1 saturated carbocycles. The number of aromatic hydroxyl groups is 3. The predicted molar refractivity (Wildman–Crippen MR) is 320 cm³/mol. The number of phenolic OH excluding ortho intramolecular Hbond substituents is 3. The molecule has 14 rings (SSSR count). The molecule has 8 bridgehead atoms. The van der Waals surface area contributed by atoms with Crippen LogP contribution in [0.4, 0.5) is 0 Å². The molecule has 1 spiro atoms. The van der Waals surface area contributed by atoms with Crippen molar-refractivity contribution in [2.45, 2.75) is 145 Å². The highest BCUT2D eigenvalue weighted by Gasteiger charge is 2.58. The molecule has 8 aliphatic rings. The van der Waals surface area contributed by atoms with Crippen LogP contribution in [0, 0.1) is 29.6 Å². The average molecular weight is 1100 g/mol. The number of nitrogens with two attached hydrogens (primary N) is 1. The van der Waals surface area contributed by atoms with E-state index in [1.165, 1.54) is 36.0 Å². The summed E-state index contributed by atoms with van der Waals surface area (Å²) in [7, 11) is 1.93. The number of aryl methyl sites for hydroxylation is 2. The second kappa shape index (κ2) is 22.7. The van der Waals surface area contributed by atoms with E-state index in [1.54, 1.807) is 24.3 Å². The van der Waals surface area contributed by atoms with Crippen LogP contribution in [0.3, 0.4) is 0 Å². The first-order valence-corrected chi connectivity index (χ1v) is 30.2. The molecule has 12 nitrogen and oxygen atoms in total. The van der Waals surface area contributed by atoms with Gasteiger partial charge in [-0.2, -0.15) is 0 Å². The zero-order valence-electron chi connectivity index (χ0n) is 47.2. The molecule has 0 amide bonds. The minimum absolute atomic E-state index is 0.00856. The van der Waals surface area contributed by atoms with Crippen molar-refractivity contribution in [1.29, 1.82) is 0 Å². The van der Waals surface area contributed by atoms with Crippen molar-refractivity contribution < 1.29 is 39.7 Å². The summed E-state index contributed by atoms with van der Waals surface area (Å²) >= 11 is 0. The third-order valence-electron chi connectivity index (χ3n) is 19.7. The summed E-state index contributed by atoms with van der Waals surface area (Å²) in [6.45, 7) is 1.31. The third-order valence-corrected chi connectivity index (χ3v) is 19.7. The van der Waals surface area contributed by atoms with Gasteiger partial charge in [0.15, 0.2) is 11.5 Å². The predicted octanol–water partition coefficient (Wildman–Crippen LogP) is 10.7. The number of nitrogens with one attached hydrogen (secondary N) is 2. The van der Waals surface area contributed by atoms with Gasteiger partial charge in [0.25, 0.3) is 0 Å². The molecule has 7 atom stereocenters. The zero-order valence-corrected chi connectivity index (χ0v) is 47.2. The van der Waals surface area contributed by atoms with Crippen LogP contribution < -0.4 is 21.1 Å². The van der Waals surface area contributed by atoms with E-state index in [1.807, 2.05) is 37.4 Å². The molecule has 3 aliphatic carbocycles. The van der Waals surface area contributed by atoms with E-state index in [9.17, 15) is 25.5 Å². The molecule has 1 saturated heterocycles. The summed E-state index contributed by atoms with van der Waals surface area (Å²) in [6, 6.07) is 28.6. The lowest BCUT2D eigenvalue weighted by atomic mass is 9.51. The number of aliphatic hydroxyl groups excluding tert-OH is 2. The minimum Gasteiger partial charge on any atom is -0.508 e. The van der Waals surface area contributed by atoms with Gasteiger partial charge in [0.2, 0.25) is 0 Å². The Morgan fingerprint density at radius 3 is 2.59 bits per heavy atom. The maximum absolute atomic E-state index is 12.3. The van der Waals surface area contributed by atoms with Crippen molar-refractivity contribution in [1.82, 2.24) is 15.2 Å². The number of ether oxygens (including phenoxy) is 3. The molecule has 0 radical (unpaired) electrons. The second-order valence-electron chi connectivity index (χ2n) is 24.6. The van der Waals surface area contributed by atoms with Gasteiger partial charge in [0, 0.05) is 89.0 Å². The number of fused-ring (bicyclic) bond motifs is 6. The molecule has 5 aromatic carbocycles. The highest BCUT2D eigenvalue weighted by Crippen LogP contribution is 2.60. The van der Waals surface area contributed by atoms with Gasteiger partial charge in [0.05, 0.1) is 31.0 Å². The van der Waals surface area contributed by atoms with Crippen molar-refractivity contribution in [3.63, 3.8) is 0 Å². The maximum Gasteiger partial charge on any atom is 0.168 e. The van der Waals surface area contributed by atoms with E-state index in [4.69, 9.17) is 19.9 Å². The van der Waals surface area contributed by atoms with Gasteiger partial charge in [-0.25, -0.2) is 0 Å². The van der Waals surface area contributed by atoms with E-state index in [-0.39, 0.29) is 71.9 Å². The van der Waals surface area contributed by atoms with E-state index >= 15 is 0 Å². The Morgan fingerprint density at radius 2 is 1.73 bits per heavy atom. The number of likely N-dealkylation sites (N-methyl/N-ethyl adjacent to an activating group) is 1. The maximum atomic E-state index is 12.3. The first-order valence-electron chi connectivity index (χ1n) is 30.2. The number of hydrogen-bond acceptors (Lipinski definition) is 11. The summed E-state index contributed by atoms with van der Waals surface area (Å²) in [5.41, 5.74) is 19.5. The third kappa shape index (κ3) is 10.1. The number of hydrogen-bond donors (Lipinski definition) is 8. The zero-order chi connectivity index (χ0) is 56.1. The van der Waals surface area contributed by atoms with Gasteiger partial charge >= 0.3 is 0 Å². The van der Waals surface area contributed by atoms with Gasteiger partial charge in [-0.15, -0.1) is 0 Å². The topological polar surface area (TPSA) is 184 Å². The molecule has 1 aromatic heterocycles. The lowest BCUT2D eigenvalue weighted by molar-refractivity contribution is -0.166. The Morgan fingerprint density at radius 1 is 0.854 bits per heavy atom. The van der Waals surface area contributed by atoms with Gasteiger partial charge in [0.1, 0.15) is 30.1 Å². The summed E-state index contributed by atoms with van der Waals surface area (Å²) in [4.78, 5) is 0. The molecule has 5 aliphatic heterocycles. The van der Waals surface area contributed by atoms with Crippen LogP contribution in [-0.4, -0.2) is 80.9 Å². The number of phenols is 3. The summed E-state index contributed by atoms with van der Waals surface area (Å²) in [5.74, 6) is 9.13. The van der Waals surface area contributed by atoms with Gasteiger partial charge in [-0.05, 0) is 164 Å². The van der Waals surface area contributed by atoms with Crippen molar-refractivity contribution in [3.05, 3.63) is 176 Å². The minimum atomic E-state index is -0.770. The second-order valence-corrected chi connectivity index (χ2v) is 24.6. The summed E-state index contributed by atoms with van der Waals surface area (Å²) < 4.78 is 23.4. The number of aliphatic hydroxyl groups is 2. The molecule has 12 heteroatoms. The normalized spacial score (nSPS) is 25.8. The van der Waals surface area contributed by atoms with Gasteiger partial charge in [-0.1, -0.05) is 97.9 Å². The average Bonchev–Trinajstić information content (AvgIpc) is 2.18. The monoisotopic (exact) mass is 1100 g/mol. The number of aromatic nitrogens is 1. The molecular formula is C70H78N4O8. The van der Waals surface area contributed by atoms with Crippen LogP contribution in [0.25, 0.3) is 22.7 Å². The molecule has 82 heavy (non-hydrogen) atoms. The SMILES string of the molecule is CNCC1=C2C#C[C@@H](CCc3ccc(O)c(Cc4cccc(O)c4)c3)CCC[C@H]3C[C@H](O)[C@@H]4C=Cc5c(c(CO)cc(O)c5OCc5cc([C@@]67CCOC8(CCCCC8)[C@H]6CCc6ccccc67)cc6cn(cc56)C(=C2CO3)NC1N)C4. The summed E-state index contributed by atoms with van der Waals surface area (Å²) in [6.07, 6.45) is 20.6. The van der Waals surface area contributed by atoms with E-state index in [2.05, 4.69) is 81.9 Å². The molecule has 1 unspecified atom stereocenters. The summed E-state index contributed by atoms with van der Waals surface area (Å²) in [5, 5.41) is 65.3. The van der Waals surface area contributed by atoms with E-state index < -0.39 is 12.3 Å². The Balaban J connectivity index is 0.962. The number of rotatable bonds is 9. The highest BCUT2D eigenvalue weighted by molar-refractivity contribution is 5.89. The van der Waals surface area contributed by atoms with E-state index in [0.717, 1.165) is 124 Å². The van der Waals surface area contributed by atoms with Gasteiger partial charge < -0.3 is 60.7 Å². The van der Waals surface area contributed by atoms with Gasteiger partial charge in [-0.3, -0.25) is 0 Å². The van der Waals surface area contributed by atoms with Crippen molar-refractivity contribution >= 4 is 22.7 Å². The van der Waals surface area contributed by atoms with Crippen molar-refractivity contribution in [2.75, 3.05) is 26.8 Å². The first-order chi connectivity index (χ1) is 40.0. The van der Waals surface area contributed by atoms with Crippen molar-refractivity contribution in [3.8, 4) is 34.8 Å². The van der Waals surface area contributed by atoms with E-state index in [0.29, 0.717) is 50.1 Å². The standard InChI is InChI=1S/C70H78N4O8/c1-72-37-58-55-21-17-43(15-16-44-18-23-62(77)48(29-44)30-45-10-7-12-53(76)31-45)9-8-13-54-36-63(78)47-19-22-56-57(34-47)50(40-75)35-64(79)66(56)81-41-51-33-52(32-49-38-74(39-59(49)51)68(73-67(58)71)60(55)42-80-54)70-27-28-82-69(25-5-2-6-26-69)65(70)24-20-46-11-3-4-14-61(46)70/h3-4,7,10-12,14,18-19,22-23,29,31-33,35,38-39,43,47,54,63,65,67,72-73,75-79H,2,5-6,8-9,13,15-16,20,24-28,30,34,36-37,40-42,71H2,1H3/t43-,47-,54+,63+,65-,67?,70-/m1/s1. The van der Waals surface area contributed by atoms with Crippen LogP contribution in [0.15, 0.2) is 120 Å². The molecule has 426 valence electrons. The Hall–Kier alpha value is -6.82.